The van der Waals surface area contributed by atoms with Crippen molar-refractivity contribution in [1.82, 2.24) is 10.0 Å². The average molecular weight is 385 g/mol. The standard InChI is InChI=1S/C19H32N2O4S/c1-3-5-12-25-16-18(14-20-13-17(15-22)9-4-2)21-26(23,24)19-10-7-6-8-11-19/h4,6-8,10-11,17-18,20-22H,2-3,5,9,12-16H2,1H3/t17?,18-/m1/s1. The molecule has 6 nitrogen and oxygen atoms in total. The number of rotatable bonds is 15. The Balaban J connectivity index is 2.64. The number of hydrogen-bond donors (Lipinski definition) is 3. The minimum Gasteiger partial charge on any atom is -0.396 e. The molecular formula is C19H32N2O4S. The van der Waals surface area contributed by atoms with Gasteiger partial charge in [0, 0.05) is 26.3 Å². The first-order valence-electron chi connectivity index (χ1n) is 9.11. The summed E-state index contributed by atoms with van der Waals surface area (Å²) in [6, 6.07) is 7.91. The second-order valence-corrected chi connectivity index (χ2v) is 8.00. The quantitative estimate of drug-likeness (QED) is 0.318. The molecule has 3 N–H and O–H groups in total. The van der Waals surface area contributed by atoms with Crippen molar-refractivity contribution in [2.45, 2.75) is 37.1 Å². The monoisotopic (exact) mass is 384 g/mol. The Labute approximate surface area is 157 Å². The first-order valence-corrected chi connectivity index (χ1v) is 10.6. The third-order valence-corrected chi connectivity index (χ3v) is 5.45. The molecule has 0 spiro atoms. The van der Waals surface area contributed by atoms with E-state index >= 15 is 0 Å². The highest BCUT2D eigenvalue weighted by molar-refractivity contribution is 7.89. The summed E-state index contributed by atoms with van der Waals surface area (Å²) in [6.45, 7) is 7.73. The Morgan fingerprint density at radius 3 is 2.62 bits per heavy atom. The molecule has 148 valence electrons. The summed E-state index contributed by atoms with van der Waals surface area (Å²) in [5, 5.41) is 12.6. The maximum atomic E-state index is 12.5. The average Bonchev–Trinajstić information content (AvgIpc) is 2.64. The zero-order valence-electron chi connectivity index (χ0n) is 15.6. The number of benzene rings is 1. The van der Waals surface area contributed by atoms with Crippen LogP contribution in [-0.2, 0) is 14.8 Å². The van der Waals surface area contributed by atoms with E-state index in [0.717, 1.165) is 12.8 Å². The first kappa shape index (κ1) is 22.8. The third-order valence-electron chi connectivity index (χ3n) is 3.92. The van der Waals surface area contributed by atoms with E-state index in [0.29, 0.717) is 32.7 Å². The topological polar surface area (TPSA) is 87.7 Å². The molecule has 0 aliphatic carbocycles. The van der Waals surface area contributed by atoms with Gasteiger partial charge in [-0.15, -0.1) is 6.58 Å². The van der Waals surface area contributed by atoms with Gasteiger partial charge in [0.15, 0.2) is 0 Å². The molecule has 1 unspecified atom stereocenters. The van der Waals surface area contributed by atoms with E-state index in [1.807, 2.05) is 0 Å². The van der Waals surface area contributed by atoms with Gasteiger partial charge in [0.2, 0.25) is 10.0 Å². The maximum absolute atomic E-state index is 12.5. The number of allylic oxidation sites excluding steroid dienone is 1. The molecule has 0 saturated heterocycles. The zero-order valence-corrected chi connectivity index (χ0v) is 16.4. The van der Waals surface area contributed by atoms with Crippen LogP contribution in [0.1, 0.15) is 26.2 Å². The number of hydrogen-bond acceptors (Lipinski definition) is 5. The van der Waals surface area contributed by atoms with Gasteiger partial charge in [-0.25, -0.2) is 13.1 Å². The fourth-order valence-electron chi connectivity index (χ4n) is 2.41. The van der Waals surface area contributed by atoms with Crippen LogP contribution in [0.5, 0.6) is 0 Å². The molecule has 0 aromatic heterocycles. The zero-order chi connectivity index (χ0) is 19.3. The lowest BCUT2D eigenvalue weighted by Gasteiger charge is -2.21. The van der Waals surface area contributed by atoms with E-state index in [-0.39, 0.29) is 23.5 Å². The summed E-state index contributed by atoms with van der Waals surface area (Å²) in [6.07, 6.45) is 4.44. The summed E-state index contributed by atoms with van der Waals surface area (Å²) in [5.74, 6) is 0.0693. The summed E-state index contributed by atoms with van der Waals surface area (Å²) in [7, 11) is -3.60. The number of sulfonamides is 1. The van der Waals surface area contributed by atoms with E-state index in [1.165, 1.54) is 0 Å². The van der Waals surface area contributed by atoms with Crippen LogP contribution in [0.2, 0.25) is 0 Å². The van der Waals surface area contributed by atoms with Crippen LogP contribution in [0.3, 0.4) is 0 Å². The van der Waals surface area contributed by atoms with E-state index in [9.17, 15) is 13.5 Å². The molecule has 1 rings (SSSR count). The fourth-order valence-corrected chi connectivity index (χ4v) is 3.66. The Hall–Kier alpha value is -1.25. The Bertz CT molecular complexity index is 593. The van der Waals surface area contributed by atoms with Crippen molar-refractivity contribution in [2.75, 3.05) is 32.9 Å². The predicted molar refractivity (Wildman–Crippen MR) is 105 cm³/mol. The normalized spacial score (nSPS) is 14.1. The lowest BCUT2D eigenvalue weighted by atomic mass is 10.1. The number of aliphatic hydroxyl groups excluding tert-OH is 1. The molecule has 0 aliphatic rings. The molecule has 2 atom stereocenters. The van der Waals surface area contributed by atoms with Gasteiger partial charge in [-0.1, -0.05) is 37.6 Å². The van der Waals surface area contributed by atoms with Crippen LogP contribution in [-0.4, -0.2) is 52.5 Å². The third kappa shape index (κ3) is 8.91. The number of nitrogens with one attached hydrogen (secondary N) is 2. The molecule has 0 bridgehead atoms. The van der Waals surface area contributed by atoms with Crippen molar-refractivity contribution in [1.29, 1.82) is 0 Å². The van der Waals surface area contributed by atoms with Gasteiger partial charge in [0.25, 0.3) is 0 Å². The van der Waals surface area contributed by atoms with Gasteiger partial charge in [-0.3, -0.25) is 0 Å². The molecule has 1 aromatic carbocycles. The molecule has 0 fully saturated rings. The number of ether oxygens (including phenoxy) is 1. The molecule has 0 saturated carbocycles. The van der Waals surface area contributed by atoms with Crippen molar-refractivity contribution < 1.29 is 18.3 Å². The second kappa shape index (κ2) is 13.0. The van der Waals surface area contributed by atoms with E-state index in [2.05, 4.69) is 23.5 Å². The van der Waals surface area contributed by atoms with Gasteiger partial charge in [-0.2, -0.15) is 0 Å². The lowest BCUT2D eigenvalue weighted by molar-refractivity contribution is 0.113. The van der Waals surface area contributed by atoms with Gasteiger partial charge in [0.1, 0.15) is 0 Å². The van der Waals surface area contributed by atoms with Crippen molar-refractivity contribution in [3.63, 3.8) is 0 Å². The van der Waals surface area contributed by atoms with Crippen molar-refractivity contribution in [3.05, 3.63) is 43.0 Å². The molecule has 0 amide bonds. The molecule has 7 heteroatoms. The van der Waals surface area contributed by atoms with Gasteiger partial charge < -0.3 is 15.2 Å². The predicted octanol–water partition coefficient (Wildman–Crippen LogP) is 1.92. The molecular weight excluding hydrogens is 352 g/mol. The van der Waals surface area contributed by atoms with Gasteiger partial charge >= 0.3 is 0 Å². The fraction of sp³-hybridized carbons (Fsp3) is 0.579. The smallest absolute Gasteiger partial charge is 0.240 e. The largest absolute Gasteiger partial charge is 0.396 e. The van der Waals surface area contributed by atoms with Crippen LogP contribution < -0.4 is 10.0 Å². The highest BCUT2D eigenvalue weighted by atomic mass is 32.2. The van der Waals surface area contributed by atoms with Crippen LogP contribution in [0.25, 0.3) is 0 Å². The summed E-state index contributed by atoms with van der Waals surface area (Å²) >= 11 is 0. The second-order valence-electron chi connectivity index (χ2n) is 6.29. The van der Waals surface area contributed by atoms with Crippen molar-refractivity contribution >= 4 is 10.0 Å². The Kier molecular flexibility index (Phi) is 11.4. The Morgan fingerprint density at radius 2 is 2.00 bits per heavy atom. The maximum Gasteiger partial charge on any atom is 0.240 e. The highest BCUT2D eigenvalue weighted by Crippen LogP contribution is 2.08. The summed E-state index contributed by atoms with van der Waals surface area (Å²) < 4.78 is 33.4. The van der Waals surface area contributed by atoms with E-state index in [1.54, 1.807) is 36.4 Å². The number of aliphatic hydroxyl groups is 1. The molecule has 26 heavy (non-hydrogen) atoms. The van der Waals surface area contributed by atoms with E-state index < -0.39 is 10.0 Å². The van der Waals surface area contributed by atoms with E-state index in [4.69, 9.17) is 4.74 Å². The molecule has 0 aliphatic heterocycles. The highest BCUT2D eigenvalue weighted by Gasteiger charge is 2.20. The summed E-state index contributed by atoms with van der Waals surface area (Å²) in [5.41, 5.74) is 0. The van der Waals surface area contributed by atoms with Gasteiger partial charge in [0.05, 0.1) is 17.5 Å². The minimum atomic E-state index is -3.60. The van der Waals surface area contributed by atoms with Crippen LogP contribution >= 0.6 is 0 Å². The minimum absolute atomic E-state index is 0.0619. The van der Waals surface area contributed by atoms with Crippen molar-refractivity contribution in [3.8, 4) is 0 Å². The SMILES string of the molecule is C=CCC(CO)CNC[C@H](COCCCC)NS(=O)(=O)c1ccccc1. The molecule has 0 radical (unpaired) electrons. The summed E-state index contributed by atoms with van der Waals surface area (Å²) in [4.78, 5) is 0.235. The van der Waals surface area contributed by atoms with Crippen LogP contribution in [0, 0.1) is 5.92 Å². The first-order chi connectivity index (χ1) is 12.5. The van der Waals surface area contributed by atoms with Crippen LogP contribution in [0.15, 0.2) is 47.9 Å². The van der Waals surface area contributed by atoms with Gasteiger partial charge in [-0.05, 0) is 30.9 Å². The lowest BCUT2D eigenvalue weighted by Crippen LogP contribution is -2.46. The van der Waals surface area contributed by atoms with Crippen LogP contribution in [0.4, 0.5) is 0 Å². The van der Waals surface area contributed by atoms with Crippen molar-refractivity contribution in [2.24, 2.45) is 5.92 Å². The molecule has 0 heterocycles. The molecule has 1 aromatic rings. The Morgan fingerprint density at radius 1 is 1.27 bits per heavy atom. The number of unbranched alkanes of at least 4 members (excludes halogenated alkanes) is 1.